The fourth-order valence-corrected chi connectivity index (χ4v) is 4.08. The summed E-state index contributed by atoms with van der Waals surface area (Å²) in [7, 11) is 0. The van der Waals surface area contributed by atoms with E-state index in [2.05, 4.69) is 16.0 Å². The van der Waals surface area contributed by atoms with Crippen molar-refractivity contribution in [3.05, 3.63) is 62.6 Å². The molecule has 3 rings (SSSR count). The molecule has 10 heteroatoms. The quantitative estimate of drug-likeness (QED) is 0.538. The number of nitrogens with zero attached hydrogens (tertiary/aromatic N) is 1. The zero-order valence-electron chi connectivity index (χ0n) is 18.6. The number of imide groups is 1. The average Bonchev–Trinajstić information content (AvgIpc) is 2.95. The van der Waals surface area contributed by atoms with Crippen LogP contribution >= 0.6 is 23.2 Å². The van der Waals surface area contributed by atoms with E-state index in [1.54, 1.807) is 6.07 Å². The summed E-state index contributed by atoms with van der Waals surface area (Å²) in [4.78, 5) is 50.9. The molecule has 1 saturated heterocycles. The lowest BCUT2D eigenvalue weighted by molar-refractivity contribution is -0.135. The fraction of sp³-hybridized carbons (Fsp3) is 0.304. The number of nitrogens with one attached hydrogen (secondary N) is 3. The summed E-state index contributed by atoms with van der Waals surface area (Å²) in [6.07, 6.45) is 0. The summed E-state index contributed by atoms with van der Waals surface area (Å²) >= 11 is 12.0. The molecule has 0 radical (unpaired) electrons. The van der Waals surface area contributed by atoms with Gasteiger partial charge in [-0.2, -0.15) is 0 Å². The summed E-state index contributed by atoms with van der Waals surface area (Å²) in [5, 5.41) is 8.36. The van der Waals surface area contributed by atoms with Gasteiger partial charge in [0.1, 0.15) is 12.1 Å². The lowest BCUT2D eigenvalue weighted by atomic mass is 9.92. The van der Waals surface area contributed by atoms with Crippen LogP contribution in [-0.4, -0.2) is 41.7 Å². The number of benzene rings is 2. The highest BCUT2D eigenvalue weighted by molar-refractivity contribution is 6.42. The van der Waals surface area contributed by atoms with Gasteiger partial charge < -0.3 is 16.0 Å². The molecule has 2 aromatic rings. The van der Waals surface area contributed by atoms with Crippen molar-refractivity contribution in [2.24, 2.45) is 0 Å². The second kappa shape index (κ2) is 9.41. The fourth-order valence-electron chi connectivity index (χ4n) is 3.78. The number of aryl methyl sites for hydroxylation is 3. The standard InChI is InChI=1S/C23H24Cl2N4O4/c1-12-7-13(2)20(14(3)8-12)27-18(30)10-26-19(31)11-29-21(32)23(4,28-22(29)33)15-5-6-16(24)17(25)9-15/h5-9H,10-11H2,1-4H3,(H,26,31)(H,27,30)(H,28,33). The molecule has 3 N–H and O–H groups in total. The highest BCUT2D eigenvalue weighted by atomic mass is 35.5. The molecule has 0 saturated carbocycles. The molecule has 0 aliphatic carbocycles. The van der Waals surface area contributed by atoms with Crippen LogP contribution in [0.2, 0.25) is 10.0 Å². The van der Waals surface area contributed by atoms with Gasteiger partial charge in [-0.3, -0.25) is 19.3 Å². The minimum Gasteiger partial charge on any atom is -0.345 e. The van der Waals surface area contributed by atoms with Gasteiger partial charge >= 0.3 is 6.03 Å². The highest BCUT2D eigenvalue weighted by Crippen LogP contribution is 2.32. The van der Waals surface area contributed by atoms with Crippen molar-refractivity contribution in [3.8, 4) is 0 Å². The summed E-state index contributed by atoms with van der Waals surface area (Å²) < 4.78 is 0. The van der Waals surface area contributed by atoms with E-state index in [-0.39, 0.29) is 11.6 Å². The van der Waals surface area contributed by atoms with Crippen molar-refractivity contribution in [2.75, 3.05) is 18.4 Å². The van der Waals surface area contributed by atoms with Crippen molar-refractivity contribution in [3.63, 3.8) is 0 Å². The first-order valence-electron chi connectivity index (χ1n) is 10.2. The molecule has 1 aliphatic heterocycles. The Morgan fingerprint density at radius 3 is 2.24 bits per heavy atom. The average molecular weight is 491 g/mol. The molecule has 1 aliphatic rings. The molecule has 1 unspecified atom stereocenters. The van der Waals surface area contributed by atoms with Crippen LogP contribution in [0, 0.1) is 20.8 Å². The number of carbonyl (C=O) groups is 4. The molecule has 33 heavy (non-hydrogen) atoms. The Balaban J connectivity index is 1.61. The molecule has 5 amide bonds. The first-order chi connectivity index (χ1) is 15.4. The second-order valence-corrected chi connectivity index (χ2v) is 8.99. The van der Waals surface area contributed by atoms with E-state index in [0.717, 1.165) is 21.6 Å². The van der Waals surface area contributed by atoms with Gasteiger partial charge in [-0.1, -0.05) is 47.0 Å². The van der Waals surface area contributed by atoms with Crippen LogP contribution in [0.25, 0.3) is 0 Å². The third kappa shape index (κ3) is 5.12. The minimum atomic E-state index is -1.40. The number of carbonyl (C=O) groups excluding carboxylic acids is 4. The van der Waals surface area contributed by atoms with Gasteiger partial charge in [0, 0.05) is 5.69 Å². The van der Waals surface area contributed by atoms with Gasteiger partial charge in [0.25, 0.3) is 5.91 Å². The zero-order valence-corrected chi connectivity index (χ0v) is 20.1. The van der Waals surface area contributed by atoms with Gasteiger partial charge in [-0.15, -0.1) is 0 Å². The molecular weight excluding hydrogens is 467 g/mol. The zero-order chi connectivity index (χ0) is 24.5. The largest absolute Gasteiger partial charge is 0.345 e. The molecule has 0 bridgehead atoms. The maximum absolute atomic E-state index is 13.0. The van der Waals surface area contributed by atoms with E-state index in [4.69, 9.17) is 23.2 Å². The second-order valence-electron chi connectivity index (χ2n) is 8.17. The maximum atomic E-state index is 13.0. The van der Waals surface area contributed by atoms with Crippen molar-refractivity contribution in [2.45, 2.75) is 33.2 Å². The Morgan fingerprint density at radius 1 is 1.00 bits per heavy atom. The first kappa shape index (κ1) is 24.5. The summed E-state index contributed by atoms with van der Waals surface area (Å²) in [6.45, 7) is 6.42. The maximum Gasteiger partial charge on any atom is 0.325 e. The molecule has 0 aromatic heterocycles. The van der Waals surface area contributed by atoms with Crippen LogP contribution in [0.5, 0.6) is 0 Å². The van der Waals surface area contributed by atoms with Gasteiger partial charge in [0.05, 0.1) is 16.6 Å². The number of hydrogen-bond acceptors (Lipinski definition) is 4. The smallest absolute Gasteiger partial charge is 0.325 e. The van der Waals surface area contributed by atoms with Crippen LogP contribution in [0.4, 0.5) is 10.5 Å². The molecule has 2 aromatic carbocycles. The predicted octanol–water partition coefficient (Wildman–Crippen LogP) is 3.44. The van der Waals surface area contributed by atoms with Crippen LogP contribution in [0.1, 0.15) is 29.2 Å². The lowest BCUT2D eigenvalue weighted by Crippen LogP contribution is -2.44. The summed E-state index contributed by atoms with van der Waals surface area (Å²) in [5.74, 6) is -1.68. The molecular formula is C23H24Cl2N4O4. The van der Waals surface area contributed by atoms with Crippen LogP contribution in [-0.2, 0) is 19.9 Å². The van der Waals surface area contributed by atoms with Crippen molar-refractivity contribution in [1.29, 1.82) is 0 Å². The Hall–Kier alpha value is -3.10. The molecule has 8 nitrogen and oxygen atoms in total. The topological polar surface area (TPSA) is 108 Å². The van der Waals surface area contributed by atoms with E-state index in [1.165, 1.54) is 19.1 Å². The Bertz CT molecular complexity index is 1140. The Labute approximate surface area is 201 Å². The Kier molecular flexibility index (Phi) is 7.00. The SMILES string of the molecule is Cc1cc(C)c(NC(=O)CNC(=O)CN2C(=O)NC(C)(c3ccc(Cl)c(Cl)c3)C2=O)c(C)c1. The summed E-state index contributed by atoms with van der Waals surface area (Å²) in [6, 6.07) is 7.77. The number of hydrogen-bond donors (Lipinski definition) is 3. The minimum absolute atomic E-state index is 0.235. The van der Waals surface area contributed by atoms with Crippen molar-refractivity contribution < 1.29 is 19.2 Å². The van der Waals surface area contributed by atoms with E-state index >= 15 is 0 Å². The van der Waals surface area contributed by atoms with E-state index in [0.29, 0.717) is 16.3 Å². The van der Waals surface area contributed by atoms with Crippen LogP contribution in [0.15, 0.2) is 30.3 Å². The van der Waals surface area contributed by atoms with Crippen LogP contribution < -0.4 is 16.0 Å². The first-order valence-corrected chi connectivity index (χ1v) is 10.9. The van der Waals surface area contributed by atoms with Gasteiger partial charge in [0.15, 0.2) is 0 Å². The summed E-state index contributed by atoms with van der Waals surface area (Å²) in [5.41, 5.74) is 2.62. The van der Waals surface area contributed by atoms with Gasteiger partial charge in [0.2, 0.25) is 11.8 Å². The Morgan fingerprint density at radius 2 is 1.64 bits per heavy atom. The highest BCUT2D eigenvalue weighted by Gasteiger charge is 2.49. The van der Waals surface area contributed by atoms with Crippen molar-refractivity contribution >= 4 is 52.6 Å². The van der Waals surface area contributed by atoms with Crippen molar-refractivity contribution in [1.82, 2.24) is 15.5 Å². The molecule has 0 spiro atoms. The molecule has 174 valence electrons. The normalized spacial score (nSPS) is 17.7. The third-order valence-electron chi connectivity index (χ3n) is 5.46. The van der Waals surface area contributed by atoms with E-state index in [1.807, 2.05) is 32.9 Å². The van der Waals surface area contributed by atoms with E-state index in [9.17, 15) is 19.2 Å². The molecule has 1 heterocycles. The monoisotopic (exact) mass is 490 g/mol. The molecule has 1 fully saturated rings. The number of rotatable bonds is 6. The lowest BCUT2D eigenvalue weighted by Gasteiger charge is -2.22. The van der Waals surface area contributed by atoms with E-state index < -0.39 is 35.8 Å². The third-order valence-corrected chi connectivity index (χ3v) is 6.20. The number of amides is 5. The van der Waals surface area contributed by atoms with Gasteiger partial charge in [-0.05, 0) is 56.5 Å². The number of halogens is 2. The number of anilines is 1. The number of urea groups is 1. The predicted molar refractivity (Wildman–Crippen MR) is 126 cm³/mol. The molecule has 1 atom stereocenters. The van der Waals surface area contributed by atoms with Gasteiger partial charge in [-0.25, -0.2) is 4.79 Å². The van der Waals surface area contributed by atoms with Crippen LogP contribution in [0.3, 0.4) is 0 Å².